The van der Waals surface area contributed by atoms with Crippen LogP contribution < -0.4 is 16.6 Å². The molecule has 0 radical (unpaired) electrons. The Labute approximate surface area is 182 Å². The zero-order valence-electron chi connectivity index (χ0n) is 15.8. The monoisotopic (exact) mass is 462 g/mol. The zero-order valence-corrected chi connectivity index (χ0v) is 17.4. The van der Waals surface area contributed by atoms with Crippen LogP contribution in [-0.2, 0) is 4.74 Å². The molecule has 5 N–H and O–H groups in total. The highest BCUT2D eigenvalue weighted by Gasteiger charge is 2.50. The van der Waals surface area contributed by atoms with Gasteiger partial charge in [0.1, 0.15) is 11.8 Å². The van der Waals surface area contributed by atoms with Crippen molar-refractivity contribution >= 4 is 26.7 Å². The molecular weight excluding hydrogens is 444 g/mol. The van der Waals surface area contributed by atoms with Crippen LogP contribution in [0, 0.1) is 17.2 Å². The lowest BCUT2D eigenvalue weighted by Crippen LogP contribution is -2.41. The maximum Gasteiger partial charge on any atom is 0.200 e. The summed E-state index contributed by atoms with van der Waals surface area (Å²) in [5, 5.41) is 22.8. The highest BCUT2D eigenvalue weighted by Crippen LogP contribution is 2.50. The second kappa shape index (κ2) is 7.33. The number of hydrazine groups is 1. The van der Waals surface area contributed by atoms with Crippen LogP contribution in [-0.4, -0.2) is 11.3 Å². The maximum atomic E-state index is 10.7. The van der Waals surface area contributed by atoms with Gasteiger partial charge in [-0.2, -0.15) is 5.26 Å². The van der Waals surface area contributed by atoms with Gasteiger partial charge in [0.15, 0.2) is 6.23 Å². The summed E-state index contributed by atoms with van der Waals surface area (Å²) in [6.45, 7) is 0. The van der Waals surface area contributed by atoms with Gasteiger partial charge in [0.2, 0.25) is 5.88 Å². The Balaban J connectivity index is 1.70. The number of nitrogens with zero attached hydrogens (tertiary/aromatic N) is 1. The molecular formula is C23H19BrN4O2. The van der Waals surface area contributed by atoms with E-state index in [4.69, 9.17) is 10.5 Å². The van der Waals surface area contributed by atoms with E-state index in [2.05, 4.69) is 57.1 Å². The van der Waals surface area contributed by atoms with Crippen LogP contribution in [0.1, 0.15) is 23.1 Å². The van der Waals surface area contributed by atoms with Crippen molar-refractivity contribution in [1.82, 2.24) is 10.9 Å². The molecule has 3 aromatic carbocycles. The summed E-state index contributed by atoms with van der Waals surface area (Å²) < 4.78 is 6.68. The molecule has 1 fully saturated rings. The first-order valence-corrected chi connectivity index (χ1v) is 10.4. The summed E-state index contributed by atoms with van der Waals surface area (Å²) in [7, 11) is 0. The molecule has 0 saturated carbocycles. The van der Waals surface area contributed by atoms with Crippen LogP contribution in [0.4, 0.5) is 0 Å². The van der Waals surface area contributed by atoms with Crippen molar-refractivity contribution in [1.29, 1.82) is 5.26 Å². The number of allylic oxidation sites excluding steroid dienone is 1. The molecule has 0 aliphatic carbocycles. The Kier molecular flexibility index (Phi) is 4.63. The van der Waals surface area contributed by atoms with Gasteiger partial charge in [-0.3, -0.25) is 0 Å². The number of halogens is 1. The van der Waals surface area contributed by atoms with Crippen molar-refractivity contribution < 1.29 is 9.84 Å². The average molecular weight is 463 g/mol. The number of benzene rings is 3. The van der Waals surface area contributed by atoms with Crippen LogP contribution in [0.3, 0.4) is 0 Å². The highest BCUT2D eigenvalue weighted by molar-refractivity contribution is 9.10. The number of nitrogens with one attached hydrogen (secondary N) is 2. The number of hydrogen-bond acceptors (Lipinski definition) is 6. The molecule has 3 aromatic rings. The maximum absolute atomic E-state index is 10.7. The molecule has 30 heavy (non-hydrogen) atoms. The number of aromatic hydroxyl groups is 1. The van der Waals surface area contributed by atoms with Crippen LogP contribution in [0.25, 0.3) is 10.8 Å². The highest BCUT2D eigenvalue weighted by atomic mass is 79.9. The topological polar surface area (TPSA) is 103 Å². The van der Waals surface area contributed by atoms with Crippen LogP contribution in [0.2, 0.25) is 0 Å². The number of fused-ring (bicyclic) bond motifs is 2. The molecule has 0 bridgehead atoms. The van der Waals surface area contributed by atoms with Gasteiger partial charge in [-0.1, -0.05) is 58.4 Å². The number of nitrogens with two attached hydrogens (primary N) is 1. The van der Waals surface area contributed by atoms with Crippen molar-refractivity contribution in [2.24, 2.45) is 11.7 Å². The van der Waals surface area contributed by atoms with E-state index in [1.807, 2.05) is 24.3 Å². The predicted octanol–water partition coefficient (Wildman–Crippen LogP) is 3.91. The molecule has 2 aliphatic heterocycles. The molecule has 0 amide bonds. The molecule has 0 spiro atoms. The molecule has 1 saturated heterocycles. The molecule has 4 unspecified atom stereocenters. The van der Waals surface area contributed by atoms with Gasteiger partial charge in [-0.25, -0.2) is 10.9 Å². The number of phenols is 1. The summed E-state index contributed by atoms with van der Waals surface area (Å²) in [5.41, 5.74) is 14.7. The molecule has 0 aromatic heterocycles. The minimum atomic E-state index is -0.450. The molecule has 5 rings (SSSR count). The van der Waals surface area contributed by atoms with Crippen LogP contribution in [0.15, 0.2) is 76.6 Å². The summed E-state index contributed by atoms with van der Waals surface area (Å²) in [6.07, 6.45) is -0.450. The van der Waals surface area contributed by atoms with Gasteiger partial charge in [0, 0.05) is 21.9 Å². The van der Waals surface area contributed by atoms with E-state index in [9.17, 15) is 10.4 Å². The molecule has 6 nitrogen and oxygen atoms in total. The fraction of sp³-hybridized carbons (Fsp3) is 0.174. The number of nitriles is 1. The van der Waals surface area contributed by atoms with Gasteiger partial charge in [-0.05, 0) is 34.5 Å². The summed E-state index contributed by atoms with van der Waals surface area (Å²) in [6, 6.07) is 21.6. The molecule has 7 heteroatoms. The minimum Gasteiger partial charge on any atom is -0.508 e. The third-order valence-corrected chi connectivity index (χ3v) is 6.43. The lowest BCUT2D eigenvalue weighted by molar-refractivity contribution is 0.0338. The lowest BCUT2D eigenvalue weighted by atomic mass is 9.73. The van der Waals surface area contributed by atoms with Crippen molar-refractivity contribution in [2.75, 3.05) is 0 Å². The second-order valence-electron chi connectivity index (χ2n) is 7.52. The lowest BCUT2D eigenvalue weighted by Gasteiger charge is -2.36. The summed E-state index contributed by atoms with van der Waals surface area (Å²) >= 11 is 3.48. The first-order chi connectivity index (χ1) is 14.6. The van der Waals surface area contributed by atoms with Crippen molar-refractivity contribution in [3.63, 3.8) is 0 Å². The van der Waals surface area contributed by atoms with Crippen LogP contribution in [0.5, 0.6) is 5.75 Å². The Morgan fingerprint density at radius 1 is 1.03 bits per heavy atom. The predicted molar refractivity (Wildman–Crippen MR) is 117 cm³/mol. The van der Waals surface area contributed by atoms with E-state index in [0.717, 1.165) is 20.8 Å². The van der Waals surface area contributed by atoms with Gasteiger partial charge < -0.3 is 15.6 Å². The largest absolute Gasteiger partial charge is 0.508 e. The van der Waals surface area contributed by atoms with E-state index in [-0.39, 0.29) is 23.6 Å². The normalized spacial score (nSPS) is 25.6. The van der Waals surface area contributed by atoms with E-state index in [0.29, 0.717) is 11.1 Å². The SMILES string of the molecule is N#CC1=C(N)OC2NNC(c3cccc4ccccc34)C2C1c1cc(Br)ccc1O. The van der Waals surface area contributed by atoms with E-state index in [1.165, 1.54) is 0 Å². The number of rotatable bonds is 2. The fourth-order valence-corrected chi connectivity index (χ4v) is 5.01. The quantitative estimate of drug-likeness (QED) is 0.460. The Morgan fingerprint density at radius 3 is 2.67 bits per heavy atom. The Bertz CT molecular complexity index is 1210. The van der Waals surface area contributed by atoms with Gasteiger partial charge >= 0.3 is 0 Å². The first-order valence-electron chi connectivity index (χ1n) is 9.62. The van der Waals surface area contributed by atoms with E-state index in [1.54, 1.807) is 12.1 Å². The first kappa shape index (κ1) is 18.9. The number of phenolic OH excluding ortho intramolecular Hbond substituents is 1. The Hall–Kier alpha value is -3.05. The number of hydrogen-bond donors (Lipinski definition) is 4. The van der Waals surface area contributed by atoms with Crippen molar-refractivity contribution in [3.05, 3.63) is 87.7 Å². The second-order valence-corrected chi connectivity index (χ2v) is 8.44. The standard InChI is InChI=1S/C23H19BrN4O2/c24-13-8-9-18(29)16(10-13)19-17(11-25)22(26)30-23-20(19)21(27-28-23)15-7-3-5-12-4-1-2-6-14(12)15/h1-10,19-21,23,27-29H,26H2. The average Bonchev–Trinajstić information content (AvgIpc) is 3.17. The molecule has 2 aliphatic rings. The van der Waals surface area contributed by atoms with Crippen LogP contribution >= 0.6 is 15.9 Å². The van der Waals surface area contributed by atoms with E-state index < -0.39 is 12.1 Å². The third-order valence-electron chi connectivity index (χ3n) is 5.93. The smallest absolute Gasteiger partial charge is 0.200 e. The molecule has 150 valence electrons. The van der Waals surface area contributed by atoms with Gasteiger partial charge in [0.25, 0.3) is 0 Å². The Morgan fingerprint density at radius 2 is 1.83 bits per heavy atom. The summed E-state index contributed by atoms with van der Waals surface area (Å²) in [5.74, 6) is -0.459. The zero-order chi connectivity index (χ0) is 20.8. The van der Waals surface area contributed by atoms with E-state index >= 15 is 0 Å². The fourth-order valence-electron chi connectivity index (χ4n) is 4.63. The van der Waals surface area contributed by atoms with Gasteiger partial charge in [0.05, 0.1) is 11.6 Å². The minimum absolute atomic E-state index is 0.0796. The van der Waals surface area contributed by atoms with Crippen molar-refractivity contribution in [2.45, 2.75) is 18.2 Å². The van der Waals surface area contributed by atoms with Gasteiger partial charge in [-0.15, -0.1) is 0 Å². The molecule has 2 heterocycles. The molecule has 4 atom stereocenters. The third kappa shape index (κ3) is 2.92. The number of ether oxygens (including phenoxy) is 1. The van der Waals surface area contributed by atoms with Crippen molar-refractivity contribution in [3.8, 4) is 11.8 Å². The summed E-state index contributed by atoms with van der Waals surface area (Å²) in [4.78, 5) is 0.